The van der Waals surface area contributed by atoms with E-state index >= 15 is 0 Å². The molecule has 1 aromatic carbocycles. The lowest BCUT2D eigenvalue weighted by Gasteiger charge is -2.25. The Morgan fingerprint density at radius 3 is 2.50 bits per heavy atom. The number of rotatable bonds is 6. The van der Waals surface area contributed by atoms with E-state index in [1.165, 1.54) is 40.5 Å². The van der Waals surface area contributed by atoms with E-state index in [-0.39, 0.29) is 21.9 Å². The lowest BCUT2D eigenvalue weighted by molar-refractivity contribution is 0.0730. The van der Waals surface area contributed by atoms with Crippen LogP contribution in [-0.2, 0) is 24.8 Å². The zero-order chi connectivity index (χ0) is 21.4. The fourth-order valence-electron chi connectivity index (χ4n) is 3.23. The highest BCUT2D eigenvalue weighted by Gasteiger charge is 2.40. The fraction of sp³-hybridized carbons (Fsp3) is 0.333. The van der Waals surface area contributed by atoms with E-state index in [1.807, 2.05) is 0 Å². The van der Waals surface area contributed by atoms with Gasteiger partial charge in [-0.25, -0.2) is 26.1 Å². The van der Waals surface area contributed by atoms with E-state index in [9.17, 15) is 21.6 Å². The molecule has 2 aliphatic heterocycles. The molecule has 0 unspecified atom stereocenters. The normalized spacial score (nSPS) is 19.1. The number of carbonyl (C=O) groups is 1. The van der Waals surface area contributed by atoms with Gasteiger partial charge in [0.2, 0.25) is 10.0 Å². The quantitative estimate of drug-likeness (QED) is 0.577. The molecule has 1 fully saturated rings. The van der Waals surface area contributed by atoms with Crippen molar-refractivity contribution >= 4 is 37.7 Å². The van der Waals surface area contributed by atoms with Crippen molar-refractivity contribution in [2.24, 2.45) is 0 Å². The van der Waals surface area contributed by atoms with Crippen molar-refractivity contribution in [1.29, 1.82) is 0 Å². The van der Waals surface area contributed by atoms with Crippen LogP contribution in [0.1, 0.15) is 10.4 Å². The lowest BCUT2D eigenvalue weighted by Crippen LogP contribution is -2.40. The molecular formula is C18H19N3O6S3. The van der Waals surface area contributed by atoms with Gasteiger partial charge in [-0.15, -0.1) is 11.8 Å². The number of sulfonamides is 2. The first kappa shape index (κ1) is 21.2. The second-order valence-electron chi connectivity index (χ2n) is 6.58. The van der Waals surface area contributed by atoms with Crippen LogP contribution in [0.25, 0.3) is 0 Å². The molecule has 0 bridgehead atoms. The molecule has 160 valence electrons. The van der Waals surface area contributed by atoms with Crippen LogP contribution < -0.4 is 0 Å². The van der Waals surface area contributed by atoms with Crippen LogP contribution in [0.3, 0.4) is 0 Å². The molecule has 1 saturated heterocycles. The molecule has 0 radical (unpaired) electrons. The maximum Gasteiger partial charge on any atom is 0.269 e. The number of fused-ring (bicyclic) bond motifs is 1. The maximum absolute atomic E-state index is 12.6. The fourth-order valence-corrected chi connectivity index (χ4v) is 7.04. The van der Waals surface area contributed by atoms with E-state index in [2.05, 4.69) is 4.98 Å². The molecule has 9 nitrogen and oxygen atoms in total. The maximum atomic E-state index is 12.6. The average Bonchev–Trinajstić information content (AvgIpc) is 2.95. The Morgan fingerprint density at radius 2 is 1.83 bits per heavy atom. The Kier molecular flexibility index (Phi) is 5.86. The van der Waals surface area contributed by atoms with Gasteiger partial charge in [-0.2, -0.15) is 4.31 Å². The van der Waals surface area contributed by atoms with Gasteiger partial charge in [-0.05, 0) is 24.3 Å². The Bertz CT molecular complexity index is 1160. The van der Waals surface area contributed by atoms with Gasteiger partial charge in [0.15, 0.2) is 0 Å². The van der Waals surface area contributed by atoms with Crippen LogP contribution in [-0.4, -0.2) is 74.9 Å². The van der Waals surface area contributed by atoms with Gasteiger partial charge < -0.3 is 4.74 Å². The van der Waals surface area contributed by atoms with Crippen LogP contribution >= 0.6 is 11.8 Å². The van der Waals surface area contributed by atoms with Crippen molar-refractivity contribution in [2.75, 3.05) is 38.6 Å². The molecule has 1 amide bonds. The van der Waals surface area contributed by atoms with Crippen molar-refractivity contribution in [3.8, 4) is 0 Å². The number of pyridine rings is 1. The van der Waals surface area contributed by atoms with Gasteiger partial charge in [-0.3, -0.25) is 4.79 Å². The third kappa shape index (κ3) is 3.85. The zero-order valence-electron chi connectivity index (χ0n) is 15.8. The van der Waals surface area contributed by atoms with Crippen molar-refractivity contribution in [2.45, 2.75) is 14.8 Å². The standard InChI is InChI=1S/C18H19N3O6S3/c22-18-15-3-1-2-4-16(15)30(25,26)21(18)9-12-28-17-6-5-14(13-19-17)29(23,24)20-7-10-27-11-8-20/h1-6,13H,7-12H2. The summed E-state index contributed by atoms with van der Waals surface area (Å²) in [6.07, 6.45) is 1.29. The SMILES string of the molecule is O=C1c2ccccc2S(=O)(=O)N1CCSc1ccc(S(=O)(=O)N2CCOCC2)cn1. The first-order valence-corrected chi connectivity index (χ1v) is 13.0. The Labute approximate surface area is 179 Å². The summed E-state index contributed by atoms with van der Waals surface area (Å²) in [5.41, 5.74) is 0.179. The molecule has 12 heteroatoms. The van der Waals surface area contributed by atoms with E-state index in [0.717, 1.165) is 4.31 Å². The van der Waals surface area contributed by atoms with Gasteiger partial charge in [0.1, 0.15) is 9.79 Å². The number of nitrogens with zero attached hydrogens (tertiary/aromatic N) is 3. The Hall–Kier alpha value is -1.99. The summed E-state index contributed by atoms with van der Waals surface area (Å²) in [5, 5.41) is 0.539. The zero-order valence-corrected chi connectivity index (χ0v) is 18.2. The number of morpholine rings is 1. The highest BCUT2D eigenvalue weighted by Crippen LogP contribution is 2.30. The topological polar surface area (TPSA) is 114 Å². The Balaban J connectivity index is 1.39. The highest BCUT2D eigenvalue weighted by molar-refractivity contribution is 7.99. The van der Waals surface area contributed by atoms with Crippen molar-refractivity contribution in [3.05, 3.63) is 48.2 Å². The first-order chi connectivity index (χ1) is 14.3. The molecule has 0 aliphatic carbocycles. The molecule has 2 aromatic rings. The molecule has 2 aliphatic rings. The first-order valence-electron chi connectivity index (χ1n) is 9.15. The third-order valence-corrected chi connectivity index (χ3v) is 9.42. The van der Waals surface area contributed by atoms with E-state index in [0.29, 0.717) is 37.1 Å². The predicted octanol–water partition coefficient (Wildman–Crippen LogP) is 1.04. The number of benzene rings is 1. The summed E-state index contributed by atoms with van der Waals surface area (Å²) in [6, 6.07) is 9.18. The van der Waals surface area contributed by atoms with Gasteiger partial charge in [-0.1, -0.05) is 12.1 Å². The summed E-state index contributed by atoms with van der Waals surface area (Å²) in [7, 11) is -7.45. The second kappa shape index (κ2) is 8.27. The summed E-state index contributed by atoms with van der Waals surface area (Å²) in [4.78, 5) is 16.7. The molecule has 30 heavy (non-hydrogen) atoms. The molecule has 4 rings (SSSR count). The summed E-state index contributed by atoms with van der Waals surface area (Å²) < 4.78 is 57.7. The summed E-state index contributed by atoms with van der Waals surface area (Å²) >= 11 is 1.25. The minimum atomic E-state index is -3.83. The average molecular weight is 470 g/mol. The van der Waals surface area contributed by atoms with Gasteiger partial charge in [0.25, 0.3) is 15.9 Å². The van der Waals surface area contributed by atoms with Crippen molar-refractivity contribution < 1.29 is 26.4 Å². The number of thioether (sulfide) groups is 1. The molecule has 0 atom stereocenters. The van der Waals surface area contributed by atoms with E-state index in [4.69, 9.17) is 4.74 Å². The van der Waals surface area contributed by atoms with Gasteiger partial charge >= 0.3 is 0 Å². The minimum absolute atomic E-state index is 0.00395. The van der Waals surface area contributed by atoms with Crippen molar-refractivity contribution in [3.63, 3.8) is 0 Å². The van der Waals surface area contributed by atoms with Crippen LogP contribution in [0.4, 0.5) is 0 Å². The van der Waals surface area contributed by atoms with Gasteiger partial charge in [0.05, 0.1) is 23.8 Å². The largest absolute Gasteiger partial charge is 0.379 e. The number of hydrogen-bond donors (Lipinski definition) is 0. The number of amides is 1. The second-order valence-corrected chi connectivity index (χ2v) is 11.5. The minimum Gasteiger partial charge on any atom is -0.379 e. The van der Waals surface area contributed by atoms with E-state index < -0.39 is 26.0 Å². The Morgan fingerprint density at radius 1 is 1.10 bits per heavy atom. The van der Waals surface area contributed by atoms with Crippen molar-refractivity contribution in [1.82, 2.24) is 13.6 Å². The molecule has 0 spiro atoms. The third-order valence-electron chi connectivity index (χ3n) is 4.77. The predicted molar refractivity (Wildman–Crippen MR) is 109 cm³/mol. The van der Waals surface area contributed by atoms with Gasteiger partial charge in [0, 0.05) is 31.6 Å². The number of hydrogen-bond acceptors (Lipinski definition) is 8. The number of ether oxygens (including phenoxy) is 1. The van der Waals surface area contributed by atoms with Crippen LogP contribution in [0.2, 0.25) is 0 Å². The molecule has 0 saturated carbocycles. The highest BCUT2D eigenvalue weighted by atomic mass is 32.2. The molecule has 1 aromatic heterocycles. The molecule has 0 N–H and O–H groups in total. The van der Waals surface area contributed by atoms with Crippen LogP contribution in [0.15, 0.2) is 57.4 Å². The van der Waals surface area contributed by atoms with E-state index in [1.54, 1.807) is 18.2 Å². The smallest absolute Gasteiger partial charge is 0.269 e. The monoisotopic (exact) mass is 469 g/mol. The molecule has 3 heterocycles. The number of aromatic nitrogens is 1. The van der Waals surface area contributed by atoms with Crippen LogP contribution in [0, 0.1) is 0 Å². The summed E-state index contributed by atoms with van der Waals surface area (Å²) in [5.74, 6) is -0.243. The van der Waals surface area contributed by atoms with Crippen LogP contribution in [0.5, 0.6) is 0 Å². The number of carbonyl (C=O) groups excluding carboxylic acids is 1. The lowest BCUT2D eigenvalue weighted by atomic mass is 10.2. The molecular weight excluding hydrogens is 450 g/mol. The summed E-state index contributed by atoms with van der Waals surface area (Å²) in [6.45, 7) is 1.33.